The molecule has 0 saturated carbocycles. The van der Waals surface area contributed by atoms with E-state index in [0.717, 1.165) is 12.1 Å². The van der Waals surface area contributed by atoms with Crippen LogP contribution in [-0.4, -0.2) is 16.8 Å². The molecular weight excluding hydrogens is 245 g/mol. The predicted molar refractivity (Wildman–Crippen MR) is 53.8 cm³/mol. The molecule has 0 atom stereocenters. The number of hydrogen-bond donors (Lipinski definition) is 1. The number of halogens is 3. The summed E-state index contributed by atoms with van der Waals surface area (Å²) in [5.74, 6) is 0.244. The van der Waals surface area contributed by atoms with Gasteiger partial charge in [-0.05, 0) is 0 Å². The van der Waals surface area contributed by atoms with Crippen LogP contribution in [0.15, 0.2) is 18.2 Å². The molecular formula is C8H8BF3KN3. The van der Waals surface area contributed by atoms with E-state index in [9.17, 15) is 12.9 Å². The molecule has 0 aliphatic carbocycles. The zero-order valence-corrected chi connectivity index (χ0v) is 12.0. The zero-order valence-electron chi connectivity index (χ0n) is 8.92. The van der Waals surface area contributed by atoms with Crippen LogP contribution in [0.25, 0.3) is 10.9 Å². The van der Waals surface area contributed by atoms with Crippen LogP contribution >= 0.6 is 0 Å². The number of nitrogens with two attached hydrogens (primary N) is 1. The number of nitrogen functional groups attached to an aromatic ring is 1. The van der Waals surface area contributed by atoms with Gasteiger partial charge in [0.25, 0.3) is 0 Å². The summed E-state index contributed by atoms with van der Waals surface area (Å²) in [6, 6.07) is 3.45. The molecule has 0 radical (unpaired) electrons. The van der Waals surface area contributed by atoms with Crippen molar-refractivity contribution >= 4 is 29.2 Å². The summed E-state index contributed by atoms with van der Waals surface area (Å²) < 4.78 is 38.7. The van der Waals surface area contributed by atoms with Crippen molar-refractivity contribution in [1.82, 2.24) is 9.78 Å². The van der Waals surface area contributed by atoms with Crippen LogP contribution in [0.5, 0.6) is 0 Å². The van der Waals surface area contributed by atoms with E-state index in [1.807, 2.05) is 0 Å². The summed E-state index contributed by atoms with van der Waals surface area (Å²) in [5, 5.41) is 4.39. The molecule has 0 amide bonds. The molecule has 0 aliphatic heterocycles. The molecule has 0 spiro atoms. The van der Waals surface area contributed by atoms with Crippen LogP contribution in [0.3, 0.4) is 0 Å². The van der Waals surface area contributed by atoms with Gasteiger partial charge in [-0.15, -0.1) is 5.46 Å². The summed E-state index contributed by atoms with van der Waals surface area (Å²) in [6.07, 6.45) is 0. The summed E-state index contributed by atoms with van der Waals surface area (Å²) in [7, 11) is 1.56. The third-order valence-electron chi connectivity index (χ3n) is 2.28. The first-order valence-corrected chi connectivity index (χ1v) is 4.31. The van der Waals surface area contributed by atoms with E-state index in [-0.39, 0.29) is 57.2 Å². The fourth-order valence-electron chi connectivity index (χ4n) is 1.51. The van der Waals surface area contributed by atoms with Crippen molar-refractivity contribution in [2.75, 3.05) is 5.73 Å². The van der Waals surface area contributed by atoms with Gasteiger partial charge in [0.05, 0.1) is 5.52 Å². The standard InChI is InChI=1S/C8H8BF3N3.K/c1-15-7-4-5(9(10,11)12)2-3-6(7)8(13)14-15;/h2-4H,1H3,(H2,13,14);/q-1;+1. The van der Waals surface area contributed by atoms with Crippen LogP contribution < -0.4 is 62.6 Å². The first kappa shape index (κ1) is 14.0. The monoisotopic (exact) mass is 253 g/mol. The molecule has 80 valence electrons. The second kappa shape index (κ2) is 4.69. The van der Waals surface area contributed by atoms with Crippen LogP contribution in [0.1, 0.15) is 0 Å². The van der Waals surface area contributed by atoms with E-state index in [2.05, 4.69) is 5.10 Å². The Morgan fingerprint density at radius 1 is 1.31 bits per heavy atom. The molecule has 2 N–H and O–H groups in total. The topological polar surface area (TPSA) is 43.8 Å². The van der Waals surface area contributed by atoms with Gasteiger partial charge in [0, 0.05) is 12.4 Å². The van der Waals surface area contributed by atoms with Crippen molar-refractivity contribution in [2.45, 2.75) is 0 Å². The molecule has 2 aromatic rings. The van der Waals surface area contributed by atoms with E-state index in [1.165, 1.54) is 10.7 Å². The first-order valence-electron chi connectivity index (χ1n) is 4.31. The SMILES string of the molecule is Cn1nc(N)c2ccc([B-](F)(F)F)cc21.[K+]. The minimum absolute atomic E-state index is 0. The Bertz CT molecular complexity index is 523. The van der Waals surface area contributed by atoms with Gasteiger partial charge in [-0.25, -0.2) is 0 Å². The molecule has 2 rings (SSSR count). The summed E-state index contributed by atoms with van der Waals surface area (Å²) in [5.41, 5.74) is 5.29. The van der Waals surface area contributed by atoms with Crippen molar-refractivity contribution in [2.24, 2.45) is 7.05 Å². The number of aryl methyl sites for hydroxylation is 1. The number of aromatic nitrogens is 2. The predicted octanol–water partition coefficient (Wildman–Crippen LogP) is -1.79. The molecule has 1 aromatic carbocycles. The van der Waals surface area contributed by atoms with E-state index in [0.29, 0.717) is 10.9 Å². The third kappa shape index (κ3) is 2.45. The molecule has 0 unspecified atom stereocenters. The van der Waals surface area contributed by atoms with E-state index >= 15 is 0 Å². The first-order chi connectivity index (χ1) is 6.89. The number of nitrogens with zero attached hydrogens (tertiary/aromatic N) is 2. The number of hydrogen-bond acceptors (Lipinski definition) is 2. The summed E-state index contributed by atoms with van der Waals surface area (Å²) in [4.78, 5) is 0. The van der Waals surface area contributed by atoms with Gasteiger partial charge in [-0.2, -0.15) is 5.10 Å². The van der Waals surface area contributed by atoms with Gasteiger partial charge < -0.3 is 18.7 Å². The Kier molecular flexibility index (Phi) is 4.12. The zero-order chi connectivity index (χ0) is 11.2. The second-order valence-electron chi connectivity index (χ2n) is 3.36. The summed E-state index contributed by atoms with van der Waals surface area (Å²) >= 11 is 0. The van der Waals surface area contributed by atoms with Gasteiger partial charge in [-0.3, -0.25) is 4.68 Å². The Balaban J connectivity index is 0.00000128. The molecule has 0 bridgehead atoms. The number of rotatable bonds is 1. The summed E-state index contributed by atoms with van der Waals surface area (Å²) in [6.45, 7) is -4.97. The smallest absolute Gasteiger partial charge is 0.445 e. The minimum atomic E-state index is -4.97. The quantitative estimate of drug-likeness (QED) is 0.610. The van der Waals surface area contributed by atoms with Crippen molar-refractivity contribution in [3.05, 3.63) is 18.2 Å². The molecule has 8 heteroatoms. The van der Waals surface area contributed by atoms with Crippen molar-refractivity contribution < 1.29 is 64.3 Å². The molecule has 0 fully saturated rings. The Morgan fingerprint density at radius 3 is 2.50 bits per heavy atom. The van der Waals surface area contributed by atoms with Gasteiger partial charge in [0.2, 0.25) is 0 Å². The van der Waals surface area contributed by atoms with Gasteiger partial charge in [0.15, 0.2) is 5.82 Å². The van der Waals surface area contributed by atoms with Crippen LogP contribution in [-0.2, 0) is 7.05 Å². The van der Waals surface area contributed by atoms with Gasteiger partial charge >= 0.3 is 58.4 Å². The van der Waals surface area contributed by atoms with E-state index < -0.39 is 12.4 Å². The normalized spacial score (nSPS) is 11.5. The number of fused-ring (bicyclic) bond motifs is 1. The van der Waals surface area contributed by atoms with Crippen molar-refractivity contribution in [3.63, 3.8) is 0 Å². The Hall–Kier alpha value is -0.0187. The van der Waals surface area contributed by atoms with Crippen molar-refractivity contribution in [1.29, 1.82) is 0 Å². The molecule has 0 aliphatic rings. The minimum Gasteiger partial charge on any atom is -0.445 e. The molecule has 1 heterocycles. The van der Waals surface area contributed by atoms with Crippen molar-refractivity contribution in [3.8, 4) is 0 Å². The largest absolute Gasteiger partial charge is 1.00 e. The van der Waals surface area contributed by atoms with Gasteiger partial charge in [-0.1, -0.05) is 18.2 Å². The van der Waals surface area contributed by atoms with E-state index in [1.54, 1.807) is 7.05 Å². The van der Waals surface area contributed by atoms with E-state index in [4.69, 9.17) is 5.73 Å². The Morgan fingerprint density at radius 2 is 1.94 bits per heavy atom. The fourth-order valence-corrected chi connectivity index (χ4v) is 1.51. The molecule has 0 saturated heterocycles. The van der Waals surface area contributed by atoms with Crippen LogP contribution in [0.4, 0.5) is 18.8 Å². The van der Waals surface area contributed by atoms with Crippen LogP contribution in [0.2, 0.25) is 0 Å². The molecule has 3 nitrogen and oxygen atoms in total. The second-order valence-corrected chi connectivity index (χ2v) is 3.36. The average molecular weight is 253 g/mol. The number of anilines is 1. The maximum absolute atomic E-state index is 12.5. The Labute approximate surface area is 133 Å². The number of benzene rings is 1. The maximum atomic E-state index is 12.5. The molecule has 1 aromatic heterocycles. The molecule has 16 heavy (non-hydrogen) atoms. The van der Waals surface area contributed by atoms with Gasteiger partial charge in [0.1, 0.15) is 0 Å². The fraction of sp³-hybridized carbons (Fsp3) is 0.125. The third-order valence-corrected chi connectivity index (χ3v) is 2.28. The van der Waals surface area contributed by atoms with Crippen LogP contribution in [0, 0.1) is 0 Å². The average Bonchev–Trinajstić information content (AvgIpc) is 2.41. The maximum Gasteiger partial charge on any atom is 1.00 e.